The van der Waals surface area contributed by atoms with Crippen molar-refractivity contribution in [1.29, 1.82) is 0 Å². The molecule has 0 unspecified atom stereocenters. The Morgan fingerprint density at radius 1 is 1.31 bits per heavy atom. The maximum Gasteiger partial charge on any atom is 0.0568 e. The molecular weight excluding hydrogens is 222 g/mol. The number of halogens is 1. The fraction of sp³-hybridized carbons (Fsp3) is 0.250. The summed E-state index contributed by atoms with van der Waals surface area (Å²) in [6, 6.07) is 8.31. The molecule has 0 bridgehead atoms. The Kier molecular flexibility index (Phi) is 4.52. The fourth-order valence-corrected chi connectivity index (χ4v) is 1.65. The third-order valence-electron chi connectivity index (χ3n) is 2.45. The van der Waals surface area contributed by atoms with Crippen LogP contribution in [0.1, 0.15) is 5.56 Å². The zero-order valence-corrected chi connectivity index (χ0v) is 10.1. The quantitative estimate of drug-likeness (QED) is 0.890. The van der Waals surface area contributed by atoms with Crippen LogP contribution in [0.3, 0.4) is 0 Å². The van der Waals surface area contributed by atoms with E-state index in [1.54, 1.807) is 0 Å². The molecule has 0 aliphatic rings. The lowest BCUT2D eigenvalue weighted by Crippen LogP contribution is -2.09. The highest BCUT2D eigenvalue weighted by atomic mass is 35.5. The van der Waals surface area contributed by atoms with Crippen molar-refractivity contribution in [2.24, 2.45) is 5.73 Å². The number of rotatable bonds is 3. The van der Waals surface area contributed by atoms with Crippen LogP contribution in [0, 0.1) is 6.92 Å². The Balaban J connectivity index is 0.00000128. The maximum absolute atomic E-state index is 5.48. The van der Waals surface area contributed by atoms with Crippen molar-refractivity contribution >= 4 is 12.4 Å². The lowest BCUT2D eigenvalue weighted by molar-refractivity contribution is 0.625. The monoisotopic (exact) mass is 237 g/mol. The molecule has 16 heavy (non-hydrogen) atoms. The van der Waals surface area contributed by atoms with Gasteiger partial charge in [-0.25, -0.2) is 0 Å². The second kappa shape index (κ2) is 5.68. The molecule has 1 aromatic heterocycles. The molecule has 0 aliphatic heterocycles. The minimum atomic E-state index is 0. The van der Waals surface area contributed by atoms with Crippen molar-refractivity contribution in [1.82, 2.24) is 9.78 Å². The van der Waals surface area contributed by atoms with Gasteiger partial charge in [-0.3, -0.25) is 4.68 Å². The van der Waals surface area contributed by atoms with E-state index in [4.69, 9.17) is 5.73 Å². The first-order valence-corrected chi connectivity index (χ1v) is 5.10. The molecule has 0 amide bonds. The Labute approximate surface area is 102 Å². The van der Waals surface area contributed by atoms with Gasteiger partial charge in [0.1, 0.15) is 0 Å². The summed E-state index contributed by atoms with van der Waals surface area (Å²) in [6.07, 6.45) is 3.92. The second-order valence-electron chi connectivity index (χ2n) is 3.60. The van der Waals surface area contributed by atoms with Gasteiger partial charge in [-0.05, 0) is 18.1 Å². The van der Waals surface area contributed by atoms with E-state index < -0.39 is 0 Å². The predicted molar refractivity (Wildman–Crippen MR) is 68.7 cm³/mol. The van der Waals surface area contributed by atoms with Crippen LogP contribution in [0.15, 0.2) is 36.7 Å². The molecule has 2 N–H and O–H groups in total. The van der Waals surface area contributed by atoms with Gasteiger partial charge in [0, 0.05) is 18.3 Å². The van der Waals surface area contributed by atoms with Crippen LogP contribution in [0.5, 0.6) is 0 Å². The van der Waals surface area contributed by atoms with Crippen molar-refractivity contribution in [3.05, 3.63) is 42.2 Å². The van der Waals surface area contributed by atoms with E-state index in [-0.39, 0.29) is 12.4 Å². The number of benzene rings is 1. The topological polar surface area (TPSA) is 43.8 Å². The molecule has 0 saturated carbocycles. The van der Waals surface area contributed by atoms with E-state index in [9.17, 15) is 0 Å². The summed E-state index contributed by atoms with van der Waals surface area (Å²) in [6.45, 7) is 3.50. The first-order chi connectivity index (χ1) is 7.31. The summed E-state index contributed by atoms with van der Waals surface area (Å²) < 4.78 is 1.88. The Hall–Kier alpha value is -1.32. The van der Waals surface area contributed by atoms with Gasteiger partial charge in [-0.15, -0.1) is 12.4 Å². The average molecular weight is 238 g/mol. The van der Waals surface area contributed by atoms with E-state index in [2.05, 4.69) is 24.2 Å². The molecule has 0 radical (unpaired) electrons. The molecule has 3 nitrogen and oxygen atoms in total. The number of aromatic nitrogens is 2. The van der Waals surface area contributed by atoms with Crippen LogP contribution < -0.4 is 5.73 Å². The van der Waals surface area contributed by atoms with Crippen molar-refractivity contribution in [3.8, 4) is 11.1 Å². The van der Waals surface area contributed by atoms with Gasteiger partial charge >= 0.3 is 0 Å². The van der Waals surface area contributed by atoms with Gasteiger partial charge in [0.15, 0.2) is 0 Å². The Morgan fingerprint density at radius 3 is 2.75 bits per heavy atom. The molecule has 0 atom stereocenters. The van der Waals surface area contributed by atoms with Crippen molar-refractivity contribution in [2.75, 3.05) is 6.54 Å². The largest absolute Gasteiger partial charge is 0.329 e. The van der Waals surface area contributed by atoms with E-state index in [0.29, 0.717) is 6.54 Å². The molecule has 0 spiro atoms. The molecule has 0 fully saturated rings. The van der Waals surface area contributed by atoms with Crippen molar-refractivity contribution in [3.63, 3.8) is 0 Å². The minimum absolute atomic E-state index is 0. The van der Waals surface area contributed by atoms with E-state index in [1.165, 1.54) is 11.1 Å². The summed E-state index contributed by atoms with van der Waals surface area (Å²) >= 11 is 0. The van der Waals surface area contributed by atoms with Crippen molar-refractivity contribution < 1.29 is 0 Å². The minimum Gasteiger partial charge on any atom is -0.329 e. The molecule has 4 heteroatoms. The zero-order valence-electron chi connectivity index (χ0n) is 9.26. The van der Waals surface area contributed by atoms with Crippen LogP contribution in [0.2, 0.25) is 0 Å². The van der Waals surface area contributed by atoms with Crippen LogP contribution >= 0.6 is 12.4 Å². The Morgan fingerprint density at radius 2 is 2.06 bits per heavy atom. The molecule has 2 rings (SSSR count). The number of aryl methyl sites for hydroxylation is 1. The summed E-state index contributed by atoms with van der Waals surface area (Å²) in [5.74, 6) is 0. The summed E-state index contributed by atoms with van der Waals surface area (Å²) in [7, 11) is 0. The normalized spacial score (nSPS) is 9.88. The molecule has 2 aromatic rings. The highest BCUT2D eigenvalue weighted by molar-refractivity contribution is 5.85. The highest BCUT2D eigenvalue weighted by Crippen LogP contribution is 2.21. The third kappa shape index (κ3) is 2.62. The predicted octanol–water partition coefficient (Wildman–Crippen LogP) is 2.24. The third-order valence-corrected chi connectivity index (χ3v) is 2.45. The lowest BCUT2D eigenvalue weighted by atomic mass is 10.0. The molecule has 86 valence electrons. The van der Waals surface area contributed by atoms with Gasteiger partial charge < -0.3 is 5.73 Å². The smallest absolute Gasteiger partial charge is 0.0568 e. The lowest BCUT2D eigenvalue weighted by Gasteiger charge is -2.01. The van der Waals surface area contributed by atoms with Crippen LogP contribution in [-0.4, -0.2) is 16.3 Å². The number of hydrogen-bond acceptors (Lipinski definition) is 2. The average Bonchev–Trinajstić information content (AvgIpc) is 2.68. The van der Waals surface area contributed by atoms with Gasteiger partial charge in [-0.1, -0.05) is 24.3 Å². The van der Waals surface area contributed by atoms with Crippen molar-refractivity contribution in [2.45, 2.75) is 13.5 Å². The van der Waals surface area contributed by atoms with E-state index in [1.807, 2.05) is 29.2 Å². The van der Waals surface area contributed by atoms with Gasteiger partial charge in [0.25, 0.3) is 0 Å². The zero-order chi connectivity index (χ0) is 10.7. The molecule has 1 aromatic carbocycles. The fourth-order valence-electron chi connectivity index (χ4n) is 1.65. The first-order valence-electron chi connectivity index (χ1n) is 5.10. The second-order valence-corrected chi connectivity index (χ2v) is 3.60. The summed E-state index contributed by atoms with van der Waals surface area (Å²) in [4.78, 5) is 0. The van der Waals surface area contributed by atoms with Gasteiger partial charge in [0.05, 0.1) is 12.7 Å². The first kappa shape index (κ1) is 12.7. The molecule has 0 aliphatic carbocycles. The van der Waals surface area contributed by atoms with Crippen LogP contribution in [0.4, 0.5) is 0 Å². The summed E-state index contributed by atoms with van der Waals surface area (Å²) in [5.41, 5.74) is 9.14. The molecule has 0 saturated heterocycles. The SMILES string of the molecule is Cc1ccccc1-c1cnn(CCN)c1.Cl. The number of hydrogen-bond donors (Lipinski definition) is 1. The van der Waals surface area contributed by atoms with Gasteiger partial charge in [-0.2, -0.15) is 5.10 Å². The maximum atomic E-state index is 5.48. The van der Waals surface area contributed by atoms with Gasteiger partial charge in [0.2, 0.25) is 0 Å². The number of nitrogens with zero attached hydrogens (tertiary/aromatic N) is 2. The summed E-state index contributed by atoms with van der Waals surface area (Å²) in [5, 5.41) is 4.26. The van der Waals surface area contributed by atoms with E-state index >= 15 is 0 Å². The van der Waals surface area contributed by atoms with E-state index in [0.717, 1.165) is 12.1 Å². The molecule has 1 heterocycles. The standard InChI is InChI=1S/C12H15N3.ClH/c1-10-4-2-3-5-12(10)11-8-14-15(9-11)7-6-13;/h2-5,8-9H,6-7,13H2,1H3;1H. The number of nitrogens with two attached hydrogens (primary N) is 1. The van der Waals surface area contributed by atoms with Crippen LogP contribution in [-0.2, 0) is 6.54 Å². The van der Waals surface area contributed by atoms with Crippen LogP contribution in [0.25, 0.3) is 11.1 Å². The highest BCUT2D eigenvalue weighted by Gasteiger charge is 2.03. The molecular formula is C12H16ClN3. The Bertz CT molecular complexity index is 451.